The smallest absolute Gasteiger partial charge is 0.174 e. The quantitative estimate of drug-likeness (QED) is 0.819. The van der Waals surface area contributed by atoms with Crippen molar-refractivity contribution in [3.63, 3.8) is 0 Å². The molecule has 0 spiro atoms. The molecule has 19 heavy (non-hydrogen) atoms. The van der Waals surface area contributed by atoms with Crippen molar-refractivity contribution in [2.75, 3.05) is 0 Å². The highest BCUT2D eigenvalue weighted by atomic mass is 16.3. The Balaban J connectivity index is 2.30. The van der Waals surface area contributed by atoms with Gasteiger partial charge in [0.1, 0.15) is 5.84 Å². The summed E-state index contributed by atoms with van der Waals surface area (Å²) in [6, 6.07) is 13.4. The van der Waals surface area contributed by atoms with Crippen molar-refractivity contribution >= 4 is 11.5 Å². The van der Waals surface area contributed by atoms with Gasteiger partial charge in [0.05, 0.1) is 5.69 Å². The Morgan fingerprint density at radius 3 is 2.47 bits per heavy atom. The summed E-state index contributed by atoms with van der Waals surface area (Å²) < 4.78 is 0. The maximum absolute atomic E-state index is 11.1. The van der Waals surface area contributed by atoms with Gasteiger partial charge in [0.2, 0.25) is 0 Å². The first-order valence-corrected chi connectivity index (χ1v) is 6.27. The summed E-state index contributed by atoms with van der Waals surface area (Å²) in [6.45, 7) is 3.99. The summed E-state index contributed by atoms with van der Waals surface area (Å²) >= 11 is 0. The van der Waals surface area contributed by atoms with Gasteiger partial charge >= 0.3 is 0 Å². The van der Waals surface area contributed by atoms with Crippen LogP contribution in [0.5, 0.6) is 0 Å². The van der Waals surface area contributed by atoms with E-state index in [9.17, 15) is 5.11 Å². The number of aliphatic hydroxyl groups is 1. The predicted octanol–water partition coefficient (Wildman–Crippen LogP) is 2.54. The fraction of sp³-hybridized carbons (Fsp3) is 0.188. The Morgan fingerprint density at radius 1 is 1.11 bits per heavy atom. The average Bonchev–Trinajstić information content (AvgIpc) is 2.63. The highest BCUT2D eigenvalue weighted by Gasteiger charge is 2.43. The van der Waals surface area contributed by atoms with Crippen molar-refractivity contribution in [3.8, 4) is 0 Å². The lowest BCUT2D eigenvalue weighted by atomic mass is 9.83. The number of aryl methyl sites for hydroxylation is 2. The Labute approximate surface area is 112 Å². The Bertz CT molecular complexity index is 677. The zero-order valence-electron chi connectivity index (χ0n) is 11.0. The summed E-state index contributed by atoms with van der Waals surface area (Å²) in [5.74, 6) is 0.238. The van der Waals surface area contributed by atoms with E-state index in [2.05, 4.69) is 4.99 Å². The zero-order valence-corrected chi connectivity index (χ0v) is 11.0. The highest BCUT2D eigenvalue weighted by Crippen LogP contribution is 2.43. The third-order valence-electron chi connectivity index (χ3n) is 3.62. The second-order valence-corrected chi connectivity index (χ2v) is 5.05. The summed E-state index contributed by atoms with van der Waals surface area (Å²) in [5, 5.41) is 11.1. The Kier molecular flexibility index (Phi) is 2.47. The van der Waals surface area contributed by atoms with Crippen LogP contribution in [0.2, 0.25) is 0 Å². The van der Waals surface area contributed by atoms with Gasteiger partial charge in [-0.2, -0.15) is 0 Å². The van der Waals surface area contributed by atoms with Crippen molar-refractivity contribution in [3.05, 3.63) is 64.7 Å². The molecule has 3 heteroatoms. The molecule has 3 N–H and O–H groups in total. The van der Waals surface area contributed by atoms with Gasteiger partial charge in [0.15, 0.2) is 5.60 Å². The molecule has 2 aromatic carbocycles. The molecule has 0 radical (unpaired) electrons. The highest BCUT2D eigenvalue weighted by molar-refractivity contribution is 6.01. The first-order chi connectivity index (χ1) is 9.03. The number of fused-ring (bicyclic) bond motifs is 1. The summed E-state index contributed by atoms with van der Waals surface area (Å²) in [4.78, 5) is 4.35. The molecule has 0 aromatic heterocycles. The van der Waals surface area contributed by atoms with Crippen LogP contribution in [0.1, 0.15) is 22.3 Å². The number of nitrogens with zero attached hydrogens (tertiary/aromatic N) is 1. The topological polar surface area (TPSA) is 58.6 Å². The first-order valence-electron chi connectivity index (χ1n) is 6.27. The van der Waals surface area contributed by atoms with Crippen LogP contribution in [-0.2, 0) is 5.60 Å². The van der Waals surface area contributed by atoms with Crippen molar-refractivity contribution in [2.24, 2.45) is 10.7 Å². The third kappa shape index (κ3) is 1.59. The molecule has 0 amide bonds. The minimum atomic E-state index is -1.31. The van der Waals surface area contributed by atoms with Crippen molar-refractivity contribution < 1.29 is 5.11 Å². The molecular weight excluding hydrogens is 236 g/mol. The maximum atomic E-state index is 11.1. The van der Waals surface area contributed by atoms with E-state index in [-0.39, 0.29) is 5.84 Å². The molecule has 1 aliphatic heterocycles. The number of rotatable bonds is 1. The average molecular weight is 252 g/mol. The van der Waals surface area contributed by atoms with Crippen LogP contribution in [0.3, 0.4) is 0 Å². The van der Waals surface area contributed by atoms with E-state index in [1.165, 1.54) is 0 Å². The van der Waals surface area contributed by atoms with E-state index in [4.69, 9.17) is 5.73 Å². The van der Waals surface area contributed by atoms with Crippen LogP contribution in [0.15, 0.2) is 47.5 Å². The van der Waals surface area contributed by atoms with Crippen LogP contribution in [0, 0.1) is 13.8 Å². The maximum Gasteiger partial charge on any atom is 0.174 e. The molecule has 0 saturated carbocycles. The fourth-order valence-electron chi connectivity index (χ4n) is 2.81. The molecule has 1 heterocycles. The molecule has 3 nitrogen and oxygen atoms in total. The van der Waals surface area contributed by atoms with Gasteiger partial charge in [-0.1, -0.05) is 36.4 Å². The van der Waals surface area contributed by atoms with E-state index in [1.807, 2.05) is 56.3 Å². The van der Waals surface area contributed by atoms with Gasteiger partial charge in [-0.3, -0.25) is 0 Å². The van der Waals surface area contributed by atoms with Crippen LogP contribution in [-0.4, -0.2) is 10.9 Å². The van der Waals surface area contributed by atoms with Gasteiger partial charge in [0.25, 0.3) is 0 Å². The third-order valence-corrected chi connectivity index (χ3v) is 3.62. The summed E-state index contributed by atoms with van der Waals surface area (Å²) in [7, 11) is 0. The SMILES string of the molecule is Cc1cc(C)c2c(c1)N=C(N)C2(O)c1ccccc1. The molecule has 1 atom stereocenters. The van der Waals surface area contributed by atoms with Gasteiger partial charge in [0, 0.05) is 5.56 Å². The van der Waals surface area contributed by atoms with Crippen LogP contribution < -0.4 is 5.73 Å². The number of hydrogen-bond donors (Lipinski definition) is 2. The van der Waals surface area contributed by atoms with Gasteiger partial charge in [-0.05, 0) is 36.6 Å². The molecule has 0 fully saturated rings. The van der Waals surface area contributed by atoms with Crippen molar-refractivity contribution in [2.45, 2.75) is 19.4 Å². The largest absolute Gasteiger partial charge is 0.384 e. The molecule has 96 valence electrons. The Morgan fingerprint density at radius 2 is 1.79 bits per heavy atom. The van der Waals surface area contributed by atoms with Gasteiger partial charge in [-0.15, -0.1) is 0 Å². The standard InChI is InChI=1S/C16H16N2O/c1-10-8-11(2)14-13(9-10)18-15(17)16(14,19)12-6-4-3-5-7-12/h3-9,19H,1-2H3,(H2,17,18). The molecule has 1 unspecified atom stereocenters. The van der Waals surface area contributed by atoms with E-state index < -0.39 is 5.60 Å². The number of aliphatic imine (C=N–C) groups is 1. The van der Waals surface area contributed by atoms with Gasteiger partial charge in [-0.25, -0.2) is 4.99 Å². The lowest BCUT2D eigenvalue weighted by Gasteiger charge is -2.26. The molecule has 0 saturated heterocycles. The molecular formula is C16H16N2O. The lowest BCUT2D eigenvalue weighted by molar-refractivity contribution is 0.158. The Hall–Kier alpha value is -2.13. The predicted molar refractivity (Wildman–Crippen MR) is 76.6 cm³/mol. The number of hydrogen-bond acceptors (Lipinski definition) is 3. The first kappa shape index (κ1) is 11.9. The normalized spacial score (nSPS) is 21.1. The molecule has 0 aliphatic carbocycles. The lowest BCUT2D eigenvalue weighted by Crippen LogP contribution is -2.40. The molecule has 3 rings (SSSR count). The number of benzene rings is 2. The number of nitrogens with two attached hydrogens (primary N) is 1. The molecule has 2 aromatic rings. The minimum Gasteiger partial charge on any atom is -0.384 e. The monoisotopic (exact) mass is 252 g/mol. The van der Waals surface area contributed by atoms with E-state index in [0.29, 0.717) is 0 Å². The second-order valence-electron chi connectivity index (χ2n) is 5.05. The van der Waals surface area contributed by atoms with E-state index in [0.717, 1.165) is 27.9 Å². The molecule has 1 aliphatic rings. The van der Waals surface area contributed by atoms with Crippen LogP contribution >= 0.6 is 0 Å². The van der Waals surface area contributed by atoms with E-state index in [1.54, 1.807) is 0 Å². The number of amidine groups is 1. The summed E-state index contributed by atoms with van der Waals surface area (Å²) in [5.41, 5.74) is 9.13. The zero-order chi connectivity index (χ0) is 13.6. The van der Waals surface area contributed by atoms with E-state index >= 15 is 0 Å². The molecule has 0 bridgehead atoms. The van der Waals surface area contributed by atoms with Crippen LogP contribution in [0.25, 0.3) is 0 Å². The van der Waals surface area contributed by atoms with Crippen molar-refractivity contribution in [1.29, 1.82) is 0 Å². The van der Waals surface area contributed by atoms with Crippen LogP contribution in [0.4, 0.5) is 5.69 Å². The second kappa shape index (κ2) is 3.93. The van der Waals surface area contributed by atoms with Crippen molar-refractivity contribution in [1.82, 2.24) is 0 Å². The van der Waals surface area contributed by atoms with Gasteiger partial charge < -0.3 is 10.8 Å². The minimum absolute atomic E-state index is 0.238. The fourth-order valence-corrected chi connectivity index (χ4v) is 2.81. The summed E-state index contributed by atoms with van der Waals surface area (Å²) in [6.07, 6.45) is 0.